The largest absolute Gasteiger partial charge is 0.377 e. The molecule has 1 aliphatic rings. The molecule has 1 heterocycles. The highest BCUT2D eigenvalue weighted by atomic mass is 16.5. The third kappa shape index (κ3) is 5.11. The first-order valence-electron chi connectivity index (χ1n) is 8.26. The highest BCUT2D eigenvalue weighted by Gasteiger charge is 2.19. The molecule has 0 saturated carbocycles. The van der Waals surface area contributed by atoms with E-state index >= 15 is 0 Å². The summed E-state index contributed by atoms with van der Waals surface area (Å²) in [6.45, 7) is 6.27. The van der Waals surface area contributed by atoms with E-state index in [0.717, 1.165) is 38.0 Å². The van der Waals surface area contributed by atoms with Crippen LogP contribution < -0.4 is 5.32 Å². The van der Waals surface area contributed by atoms with Gasteiger partial charge in [0.2, 0.25) is 5.91 Å². The van der Waals surface area contributed by atoms with Gasteiger partial charge in [0.25, 0.3) is 0 Å². The Morgan fingerprint density at radius 2 is 2.14 bits per heavy atom. The Hall–Kier alpha value is -1.39. The number of amides is 1. The molecule has 1 saturated heterocycles. The Kier molecular flexibility index (Phi) is 6.40. The zero-order valence-corrected chi connectivity index (χ0v) is 14.0. The van der Waals surface area contributed by atoms with Gasteiger partial charge in [-0.3, -0.25) is 9.69 Å². The zero-order chi connectivity index (χ0) is 15.9. The number of ether oxygens (including phenoxy) is 1. The van der Waals surface area contributed by atoms with Crippen molar-refractivity contribution in [1.29, 1.82) is 0 Å². The molecule has 122 valence electrons. The molecule has 0 bridgehead atoms. The maximum atomic E-state index is 12.1. The molecule has 4 nitrogen and oxygen atoms in total. The van der Waals surface area contributed by atoms with E-state index in [1.807, 2.05) is 18.9 Å². The van der Waals surface area contributed by atoms with Crippen LogP contribution in [0.5, 0.6) is 0 Å². The van der Waals surface area contributed by atoms with Crippen LogP contribution in [0.4, 0.5) is 0 Å². The van der Waals surface area contributed by atoms with Crippen LogP contribution >= 0.6 is 0 Å². The molecule has 2 atom stereocenters. The topological polar surface area (TPSA) is 41.6 Å². The molecule has 1 aromatic rings. The first-order valence-corrected chi connectivity index (χ1v) is 8.26. The summed E-state index contributed by atoms with van der Waals surface area (Å²) in [6.07, 6.45) is 3.56. The number of rotatable bonds is 7. The molecule has 1 N–H and O–H groups in total. The predicted molar refractivity (Wildman–Crippen MR) is 88.8 cm³/mol. The second-order valence-electron chi connectivity index (χ2n) is 6.22. The van der Waals surface area contributed by atoms with Gasteiger partial charge in [0.1, 0.15) is 0 Å². The van der Waals surface area contributed by atoms with E-state index in [1.54, 1.807) is 0 Å². The summed E-state index contributed by atoms with van der Waals surface area (Å²) >= 11 is 0. The van der Waals surface area contributed by atoms with Gasteiger partial charge in [-0.05, 0) is 44.4 Å². The minimum absolute atomic E-state index is 0.0366. The van der Waals surface area contributed by atoms with Crippen molar-refractivity contribution in [3.8, 4) is 0 Å². The molecular weight excluding hydrogens is 276 g/mol. The maximum Gasteiger partial charge on any atom is 0.234 e. The monoisotopic (exact) mass is 304 g/mol. The summed E-state index contributed by atoms with van der Waals surface area (Å²) in [5, 5.41) is 3.07. The van der Waals surface area contributed by atoms with E-state index in [2.05, 4.69) is 36.5 Å². The van der Waals surface area contributed by atoms with Crippen LogP contribution in [-0.2, 0) is 16.0 Å². The minimum Gasteiger partial charge on any atom is -0.377 e. The van der Waals surface area contributed by atoms with E-state index in [-0.39, 0.29) is 18.1 Å². The van der Waals surface area contributed by atoms with Crippen LogP contribution in [-0.4, -0.2) is 43.7 Å². The lowest BCUT2D eigenvalue weighted by Crippen LogP contribution is -2.39. The zero-order valence-electron chi connectivity index (χ0n) is 14.0. The number of nitrogens with one attached hydrogen (secondary N) is 1. The normalized spacial score (nSPS) is 19.4. The highest BCUT2D eigenvalue weighted by molar-refractivity contribution is 5.78. The molecule has 1 amide bonds. The van der Waals surface area contributed by atoms with E-state index in [0.29, 0.717) is 6.54 Å². The molecule has 0 radical (unpaired) electrons. The van der Waals surface area contributed by atoms with Gasteiger partial charge in [-0.25, -0.2) is 0 Å². The molecule has 22 heavy (non-hydrogen) atoms. The lowest BCUT2D eigenvalue weighted by atomic mass is 10.1. The van der Waals surface area contributed by atoms with Crippen LogP contribution in [0.3, 0.4) is 0 Å². The number of nitrogens with zero attached hydrogens (tertiary/aromatic N) is 1. The van der Waals surface area contributed by atoms with Gasteiger partial charge in [0.05, 0.1) is 18.7 Å². The fraction of sp³-hybridized carbons (Fsp3) is 0.611. The predicted octanol–water partition coefficient (Wildman–Crippen LogP) is 2.54. The van der Waals surface area contributed by atoms with Crippen molar-refractivity contribution in [3.05, 3.63) is 35.4 Å². The summed E-state index contributed by atoms with van der Waals surface area (Å²) in [5.41, 5.74) is 2.46. The Labute approximate surface area is 133 Å². The number of likely N-dealkylation sites (N-methyl/N-ethyl adjacent to an activating group) is 1. The first-order chi connectivity index (χ1) is 10.6. The molecule has 4 heteroatoms. The molecule has 0 aromatic heterocycles. The number of benzene rings is 1. The van der Waals surface area contributed by atoms with E-state index in [1.165, 1.54) is 5.56 Å². The van der Waals surface area contributed by atoms with Gasteiger partial charge in [0.15, 0.2) is 0 Å². The minimum atomic E-state index is 0.0366. The van der Waals surface area contributed by atoms with Crippen molar-refractivity contribution in [1.82, 2.24) is 10.2 Å². The molecule has 0 spiro atoms. The molecule has 2 unspecified atom stereocenters. The van der Waals surface area contributed by atoms with E-state index < -0.39 is 0 Å². The number of carbonyl (C=O) groups excluding carboxylic acids is 1. The van der Waals surface area contributed by atoms with Crippen molar-refractivity contribution < 1.29 is 9.53 Å². The number of hydrogen-bond donors (Lipinski definition) is 1. The fourth-order valence-corrected chi connectivity index (χ4v) is 2.86. The third-order valence-corrected chi connectivity index (χ3v) is 4.22. The first kappa shape index (κ1) is 17.0. The van der Waals surface area contributed by atoms with Gasteiger partial charge in [-0.15, -0.1) is 0 Å². The van der Waals surface area contributed by atoms with E-state index in [9.17, 15) is 4.79 Å². The SMILES string of the molecule is CCc1ccc(C(C)NC(=O)CN(C)CC2CCCO2)cc1. The second-order valence-corrected chi connectivity index (χ2v) is 6.22. The van der Waals surface area contributed by atoms with Crippen LogP contribution in [0, 0.1) is 0 Å². The third-order valence-electron chi connectivity index (χ3n) is 4.22. The molecule has 1 aliphatic heterocycles. The Morgan fingerprint density at radius 1 is 1.41 bits per heavy atom. The van der Waals surface area contributed by atoms with Gasteiger partial charge in [-0.1, -0.05) is 31.2 Å². The fourth-order valence-electron chi connectivity index (χ4n) is 2.86. The van der Waals surface area contributed by atoms with Crippen LogP contribution in [0.1, 0.15) is 43.9 Å². The average Bonchev–Trinajstić information content (AvgIpc) is 2.99. The quantitative estimate of drug-likeness (QED) is 0.841. The van der Waals surface area contributed by atoms with Crippen molar-refractivity contribution in [2.75, 3.05) is 26.7 Å². The van der Waals surface area contributed by atoms with Gasteiger partial charge >= 0.3 is 0 Å². The van der Waals surface area contributed by atoms with Gasteiger partial charge in [0, 0.05) is 13.2 Å². The molecule has 2 rings (SSSR count). The van der Waals surface area contributed by atoms with Gasteiger partial charge < -0.3 is 10.1 Å². The standard InChI is InChI=1S/C18H28N2O2/c1-4-15-7-9-16(10-8-15)14(2)19-18(21)13-20(3)12-17-6-5-11-22-17/h7-10,14,17H,4-6,11-13H2,1-3H3,(H,19,21). The van der Waals surface area contributed by atoms with Crippen LogP contribution in [0.2, 0.25) is 0 Å². The summed E-state index contributed by atoms with van der Waals surface area (Å²) in [7, 11) is 1.97. The summed E-state index contributed by atoms with van der Waals surface area (Å²) in [4.78, 5) is 14.2. The van der Waals surface area contributed by atoms with Crippen LogP contribution in [0.15, 0.2) is 24.3 Å². The second kappa shape index (κ2) is 8.30. The summed E-state index contributed by atoms with van der Waals surface area (Å²) in [6, 6.07) is 8.48. The van der Waals surface area contributed by atoms with Crippen molar-refractivity contribution in [3.63, 3.8) is 0 Å². The number of carbonyl (C=O) groups is 1. The Bertz CT molecular complexity index is 466. The number of aryl methyl sites for hydroxylation is 1. The maximum absolute atomic E-state index is 12.1. The lowest BCUT2D eigenvalue weighted by Gasteiger charge is -2.21. The van der Waals surface area contributed by atoms with Crippen molar-refractivity contribution >= 4 is 5.91 Å². The van der Waals surface area contributed by atoms with E-state index in [4.69, 9.17) is 4.74 Å². The van der Waals surface area contributed by atoms with Crippen LogP contribution in [0.25, 0.3) is 0 Å². The highest BCUT2D eigenvalue weighted by Crippen LogP contribution is 2.14. The molecule has 0 aliphatic carbocycles. The number of hydrogen-bond acceptors (Lipinski definition) is 3. The molecular formula is C18H28N2O2. The molecule has 1 fully saturated rings. The lowest BCUT2D eigenvalue weighted by molar-refractivity contribution is -0.122. The molecule has 1 aromatic carbocycles. The summed E-state index contributed by atoms with van der Waals surface area (Å²) in [5.74, 6) is 0.0626. The smallest absolute Gasteiger partial charge is 0.234 e. The van der Waals surface area contributed by atoms with Gasteiger partial charge in [-0.2, -0.15) is 0 Å². The Balaban J connectivity index is 1.77. The van der Waals surface area contributed by atoms with Crippen molar-refractivity contribution in [2.45, 2.75) is 45.3 Å². The average molecular weight is 304 g/mol. The van der Waals surface area contributed by atoms with Crippen molar-refractivity contribution in [2.24, 2.45) is 0 Å². The Morgan fingerprint density at radius 3 is 2.73 bits per heavy atom. The summed E-state index contributed by atoms with van der Waals surface area (Å²) < 4.78 is 5.60.